The topological polar surface area (TPSA) is 83.8 Å². The summed E-state index contributed by atoms with van der Waals surface area (Å²) in [6, 6.07) is 17.0. The van der Waals surface area contributed by atoms with Crippen molar-refractivity contribution in [3.63, 3.8) is 0 Å². The van der Waals surface area contributed by atoms with E-state index in [-0.39, 0.29) is 5.91 Å². The van der Waals surface area contributed by atoms with Crippen molar-refractivity contribution in [3.05, 3.63) is 72.7 Å². The number of hydrogen-bond donors (Lipinski definition) is 2. The Bertz CT molecular complexity index is 1320. The van der Waals surface area contributed by atoms with Crippen molar-refractivity contribution in [1.29, 1.82) is 0 Å². The molecule has 5 aromatic rings. The van der Waals surface area contributed by atoms with Crippen LogP contribution in [-0.2, 0) is 4.79 Å². The summed E-state index contributed by atoms with van der Waals surface area (Å²) in [6.07, 6.45) is 4.62. The molecule has 6 nitrogen and oxygen atoms in total. The summed E-state index contributed by atoms with van der Waals surface area (Å²) in [5.74, 6) is 0.390. The third kappa shape index (κ3) is 2.83. The number of rotatable bonds is 3. The van der Waals surface area contributed by atoms with E-state index < -0.39 is 0 Å². The summed E-state index contributed by atoms with van der Waals surface area (Å²) in [5.41, 5.74) is 4.79. The molecule has 5 rings (SSSR count). The van der Waals surface area contributed by atoms with Crippen LogP contribution < -0.4 is 5.32 Å². The molecule has 0 radical (unpaired) electrons. The van der Waals surface area contributed by atoms with E-state index in [1.54, 1.807) is 24.5 Å². The molecule has 1 amide bonds. The number of aromatic amines is 1. The van der Waals surface area contributed by atoms with Gasteiger partial charge in [-0.25, -0.2) is 9.97 Å². The zero-order chi connectivity index (χ0) is 18.2. The lowest BCUT2D eigenvalue weighted by molar-refractivity contribution is -0.111. The molecule has 0 saturated heterocycles. The van der Waals surface area contributed by atoms with Crippen LogP contribution in [0.2, 0.25) is 0 Å². The summed E-state index contributed by atoms with van der Waals surface area (Å²) in [4.78, 5) is 24.8. The molecule has 0 fully saturated rings. The zero-order valence-electron chi connectivity index (χ0n) is 14.1. The summed E-state index contributed by atoms with van der Waals surface area (Å²) in [7, 11) is 0. The lowest BCUT2D eigenvalue weighted by Crippen LogP contribution is -2.07. The lowest BCUT2D eigenvalue weighted by atomic mass is 10.2. The van der Waals surface area contributed by atoms with E-state index in [9.17, 15) is 4.79 Å². The first-order valence-corrected chi connectivity index (χ1v) is 8.47. The quantitative estimate of drug-likeness (QED) is 0.467. The fraction of sp³-hybridized carbons (Fsp3) is 0. The Balaban J connectivity index is 1.51. The number of para-hydroxylation sites is 2. The van der Waals surface area contributed by atoms with Gasteiger partial charge < -0.3 is 14.7 Å². The van der Waals surface area contributed by atoms with Crippen LogP contribution in [0.5, 0.6) is 0 Å². The van der Waals surface area contributed by atoms with E-state index in [2.05, 4.69) is 15.3 Å². The minimum atomic E-state index is -0.234. The molecule has 27 heavy (non-hydrogen) atoms. The number of amides is 1. The third-order valence-electron chi connectivity index (χ3n) is 4.31. The highest BCUT2D eigenvalue weighted by Gasteiger charge is 2.10. The number of anilines is 1. The van der Waals surface area contributed by atoms with Crippen LogP contribution in [0.15, 0.2) is 71.4 Å². The molecule has 0 aliphatic rings. The van der Waals surface area contributed by atoms with E-state index >= 15 is 0 Å². The van der Waals surface area contributed by atoms with Crippen LogP contribution in [0, 0.1) is 0 Å². The highest BCUT2D eigenvalue weighted by Crippen LogP contribution is 2.27. The highest BCUT2D eigenvalue weighted by molar-refractivity contribution is 6.08. The number of carbonyl (C=O) groups excluding carboxylic acids is 1. The first-order chi connectivity index (χ1) is 13.3. The van der Waals surface area contributed by atoms with Crippen molar-refractivity contribution in [3.8, 4) is 0 Å². The smallest absolute Gasteiger partial charge is 0.248 e. The molecule has 0 aliphatic heterocycles. The fourth-order valence-corrected chi connectivity index (χ4v) is 3.06. The van der Waals surface area contributed by atoms with Crippen molar-refractivity contribution in [2.24, 2.45) is 0 Å². The van der Waals surface area contributed by atoms with E-state index in [1.807, 2.05) is 42.5 Å². The predicted molar refractivity (Wildman–Crippen MR) is 105 cm³/mol. The van der Waals surface area contributed by atoms with Gasteiger partial charge in [0.25, 0.3) is 0 Å². The number of H-pyrrole nitrogens is 1. The number of aromatic nitrogens is 3. The molecule has 0 unspecified atom stereocenters. The first kappa shape index (κ1) is 15.3. The molecule has 0 atom stereocenters. The molecule has 0 bridgehead atoms. The molecule has 2 N–H and O–H groups in total. The minimum absolute atomic E-state index is 0.234. The van der Waals surface area contributed by atoms with Crippen LogP contribution in [0.1, 0.15) is 5.76 Å². The monoisotopic (exact) mass is 354 g/mol. The number of nitrogens with zero attached hydrogens (tertiary/aromatic N) is 2. The summed E-state index contributed by atoms with van der Waals surface area (Å²) in [5, 5.41) is 3.77. The molecule has 0 spiro atoms. The van der Waals surface area contributed by atoms with Gasteiger partial charge in [-0.3, -0.25) is 4.79 Å². The lowest BCUT2D eigenvalue weighted by Gasteiger charge is -2.02. The van der Waals surface area contributed by atoms with Gasteiger partial charge in [-0.15, -0.1) is 0 Å². The van der Waals surface area contributed by atoms with E-state index in [0.717, 1.165) is 33.1 Å². The Morgan fingerprint density at radius 1 is 1.04 bits per heavy atom. The van der Waals surface area contributed by atoms with Crippen LogP contribution in [0.25, 0.3) is 39.2 Å². The van der Waals surface area contributed by atoms with Gasteiger partial charge in [-0.2, -0.15) is 0 Å². The van der Waals surface area contributed by atoms with Crippen molar-refractivity contribution in [2.75, 3.05) is 5.32 Å². The molecule has 3 heterocycles. The maximum atomic E-state index is 12.1. The van der Waals surface area contributed by atoms with Gasteiger partial charge in [-0.1, -0.05) is 12.1 Å². The second-order valence-corrected chi connectivity index (χ2v) is 6.13. The molecular formula is C21H14N4O2. The van der Waals surface area contributed by atoms with Gasteiger partial charge in [-0.05, 0) is 48.5 Å². The molecule has 0 saturated carbocycles. The SMILES string of the molecule is O=C(/C=C/c1ccco1)Nc1ccc2[nH]c3nc4ccccc4nc3c2c1. The zero-order valence-corrected chi connectivity index (χ0v) is 14.1. The molecule has 130 valence electrons. The average Bonchev–Trinajstić information content (AvgIpc) is 3.32. The summed E-state index contributed by atoms with van der Waals surface area (Å²) in [6.45, 7) is 0. The average molecular weight is 354 g/mol. The number of hydrogen-bond acceptors (Lipinski definition) is 4. The summed E-state index contributed by atoms with van der Waals surface area (Å²) < 4.78 is 5.18. The molecule has 2 aromatic carbocycles. The Morgan fingerprint density at radius 3 is 2.70 bits per heavy atom. The molecular weight excluding hydrogens is 340 g/mol. The highest BCUT2D eigenvalue weighted by atomic mass is 16.3. The third-order valence-corrected chi connectivity index (χ3v) is 4.31. The fourth-order valence-electron chi connectivity index (χ4n) is 3.06. The van der Waals surface area contributed by atoms with E-state index in [1.165, 1.54) is 6.08 Å². The number of nitrogens with one attached hydrogen (secondary N) is 2. The Hall–Kier alpha value is -3.93. The van der Waals surface area contributed by atoms with Crippen molar-refractivity contribution < 1.29 is 9.21 Å². The van der Waals surface area contributed by atoms with Crippen LogP contribution in [0.4, 0.5) is 5.69 Å². The van der Waals surface area contributed by atoms with Gasteiger partial charge in [0.1, 0.15) is 11.3 Å². The van der Waals surface area contributed by atoms with Crippen molar-refractivity contribution in [2.45, 2.75) is 0 Å². The number of carbonyl (C=O) groups is 1. The van der Waals surface area contributed by atoms with E-state index in [0.29, 0.717) is 11.4 Å². The first-order valence-electron chi connectivity index (χ1n) is 8.47. The normalized spacial score (nSPS) is 11.7. The largest absolute Gasteiger partial charge is 0.465 e. The predicted octanol–water partition coefficient (Wildman–Crippen LogP) is 4.51. The maximum absolute atomic E-state index is 12.1. The Labute approximate surface area is 153 Å². The number of benzene rings is 2. The Kier molecular flexibility index (Phi) is 3.47. The van der Waals surface area contributed by atoms with Crippen LogP contribution in [0.3, 0.4) is 0 Å². The van der Waals surface area contributed by atoms with Crippen molar-refractivity contribution in [1.82, 2.24) is 15.0 Å². The molecule has 3 aromatic heterocycles. The van der Waals surface area contributed by atoms with Gasteiger partial charge in [0.2, 0.25) is 5.91 Å². The number of furan rings is 1. The maximum Gasteiger partial charge on any atom is 0.248 e. The van der Waals surface area contributed by atoms with Gasteiger partial charge in [0.05, 0.1) is 17.3 Å². The molecule has 0 aliphatic carbocycles. The van der Waals surface area contributed by atoms with Gasteiger partial charge in [0, 0.05) is 22.7 Å². The second kappa shape index (κ2) is 6.10. The standard InChI is InChI=1S/C21H14N4O2/c26-19(10-8-14-4-3-11-27-14)22-13-7-9-16-15(12-13)20-21(24-16)25-18-6-2-1-5-17(18)23-20/h1-12H,(H,22,26)(H,24,25)/b10-8+. The number of fused-ring (bicyclic) bond motifs is 4. The second-order valence-electron chi connectivity index (χ2n) is 6.13. The molecule has 6 heteroatoms. The van der Waals surface area contributed by atoms with Gasteiger partial charge >= 0.3 is 0 Å². The van der Waals surface area contributed by atoms with Gasteiger partial charge in [0.15, 0.2) is 5.65 Å². The van der Waals surface area contributed by atoms with Crippen LogP contribution in [-0.4, -0.2) is 20.9 Å². The van der Waals surface area contributed by atoms with Crippen LogP contribution >= 0.6 is 0 Å². The van der Waals surface area contributed by atoms with E-state index in [4.69, 9.17) is 9.40 Å². The Morgan fingerprint density at radius 2 is 1.89 bits per heavy atom. The van der Waals surface area contributed by atoms with Crippen molar-refractivity contribution >= 4 is 50.8 Å². The minimum Gasteiger partial charge on any atom is -0.465 e. The summed E-state index contributed by atoms with van der Waals surface area (Å²) >= 11 is 0.